The second kappa shape index (κ2) is 4.95. The molecule has 0 spiro atoms. The third-order valence-corrected chi connectivity index (χ3v) is 3.94. The fraction of sp³-hybridized carbons (Fsp3) is 0.235. The number of halogens is 2. The van der Waals surface area contributed by atoms with Gasteiger partial charge in [0.05, 0.1) is 5.41 Å². The van der Waals surface area contributed by atoms with E-state index in [1.165, 1.54) is 0 Å². The number of amides is 1. The van der Waals surface area contributed by atoms with Gasteiger partial charge in [-0.1, -0.05) is 17.7 Å². The van der Waals surface area contributed by atoms with Crippen LogP contribution in [-0.2, 0) is 10.2 Å². The molecule has 1 aliphatic carbocycles. The molecule has 2 aromatic carbocycles. The molecule has 2 aromatic rings. The summed E-state index contributed by atoms with van der Waals surface area (Å²) in [4.78, 5) is 12.4. The number of aryl methyl sites for hydroxylation is 1. The Morgan fingerprint density at radius 1 is 1.10 bits per heavy atom. The highest BCUT2D eigenvalue weighted by Gasteiger charge is 2.52. The molecule has 0 aromatic heterocycles. The van der Waals surface area contributed by atoms with Crippen molar-refractivity contribution >= 4 is 11.6 Å². The number of benzene rings is 2. The van der Waals surface area contributed by atoms with Gasteiger partial charge in [-0.3, -0.25) is 4.79 Å². The summed E-state index contributed by atoms with van der Waals surface area (Å²) < 4.78 is 27.3. The summed E-state index contributed by atoms with van der Waals surface area (Å²) in [6, 6.07) is 10.6. The first-order chi connectivity index (χ1) is 10.0. The van der Waals surface area contributed by atoms with E-state index in [1.54, 1.807) is 12.1 Å². The molecule has 0 aliphatic heterocycles. The van der Waals surface area contributed by atoms with Crippen LogP contribution in [0.25, 0.3) is 0 Å². The van der Waals surface area contributed by atoms with Crippen LogP contribution in [0.1, 0.15) is 24.0 Å². The molecule has 1 N–H and O–H groups in total. The van der Waals surface area contributed by atoms with E-state index in [9.17, 15) is 13.6 Å². The lowest BCUT2D eigenvalue weighted by Crippen LogP contribution is -2.28. The summed E-state index contributed by atoms with van der Waals surface area (Å²) in [6.07, 6.45) is 1.07. The van der Waals surface area contributed by atoms with Crippen LogP contribution in [0.3, 0.4) is 0 Å². The maximum absolute atomic E-state index is 13.9. The summed E-state index contributed by atoms with van der Waals surface area (Å²) in [5, 5.41) is 2.79. The molecule has 3 rings (SSSR count). The third kappa shape index (κ3) is 2.53. The lowest BCUT2D eigenvalue weighted by Gasteiger charge is -2.16. The molecular weight excluding hydrogens is 272 g/mol. The Hall–Kier alpha value is -2.23. The zero-order valence-electron chi connectivity index (χ0n) is 11.6. The van der Waals surface area contributed by atoms with E-state index in [0.29, 0.717) is 18.5 Å². The van der Waals surface area contributed by atoms with Crippen molar-refractivity contribution in [1.29, 1.82) is 0 Å². The number of hydrogen-bond donors (Lipinski definition) is 1. The van der Waals surface area contributed by atoms with Gasteiger partial charge in [-0.05, 0) is 50.1 Å². The number of anilines is 1. The topological polar surface area (TPSA) is 29.1 Å². The lowest BCUT2D eigenvalue weighted by molar-refractivity contribution is -0.118. The minimum atomic E-state index is -0.933. The van der Waals surface area contributed by atoms with Crippen LogP contribution in [0.4, 0.5) is 14.5 Å². The van der Waals surface area contributed by atoms with Gasteiger partial charge in [0.1, 0.15) is 11.6 Å². The van der Waals surface area contributed by atoms with Gasteiger partial charge in [0, 0.05) is 11.3 Å². The Morgan fingerprint density at radius 2 is 1.76 bits per heavy atom. The molecule has 0 saturated heterocycles. The number of carbonyl (C=O) groups is 1. The van der Waals surface area contributed by atoms with E-state index >= 15 is 0 Å². The maximum Gasteiger partial charge on any atom is 0.235 e. The van der Waals surface area contributed by atoms with Crippen LogP contribution in [0.2, 0.25) is 0 Å². The average Bonchev–Trinajstić information content (AvgIpc) is 3.25. The predicted molar refractivity (Wildman–Crippen MR) is 77.1 cm³/mol. The minimum Gasteiger partial charge on any atom is -0.325 e. The van der Waals surface area contributed by atoms with Gasteiger partial charge in [0.2, 0.25) is 5.91 Å². The maximum atomic E-state index is 13.9. The normalized spacial score (nSPS) is 15.6. The van der Waals surface area contributed by atoms with Crippen LogP contribution < -0.4 is 5.32 Å². The van der Waals surface area contributed by atoms with Gasteiger partial charge in [-0.2, -0.15) is 0 Å². The van der Waals surface area contributed by atoms with E-state index in [2.05, 4.69) is 5.32 Å². The monoisotopic (exact) mass is 287 g/mol. The first-order valence-corrected chi connectivity index (χ1v) is 6.85. The van der Waals surface area contributed by atoms with Crippen molar-refractivity contribution in [2.75, 3.05) is 5.32 Å². The molecular formula is C17H15F2NO. The van der Waals surface area contributed by atoms with Gasteiger partial charge < -0.3 is 5.32 Å². The Kier molecular flexibility index (Phi) is 3.24. The van der Waals surface area contributed by atoms with Gasteiger partial charge in [0.15, 0.2) is 0 Å². The van der Waals surface area contributed by atoms with Crippen LogP contribution in [0.5, 0.6) is 0 Å². The van der Waals surface area contributed by atoms with Crippen LogP contribution in [0.15, 0.2) is 42.5 Å². The molecule has 108 valence electrons. The predicted octanol–water partition coefficient (Wildman–Crippen LogP) is 3.94. The lowest BCUT2D eigenvalue weighted by atomic mass is 9.94. The number of carbonyl (C=O) groups excluding carboxylic acids is 1. The van der Waals surface area contributed by atoms with Crippen molar-refractivity contribution < 1.29 is 13.6 Å². The van der Waals surface area contributed by atoms with Crippen LogP contribution >= 0.6 is 0 Å². The van der Waals surface area contributed by atoms with Crippen molar-refractivity contribution in [2.45, 2.75) is 25.2 Å². The fourth-order valence-electron chi connectivity index (χ4n) is 2.50. The van der Waals surface area contributed by atoms with Crippen LogP contribution in [0, 0.1) is 18.6 Å². The van der Waals surface area contributed by atoms with Crippen molar-refractivity contribution in [1.82, 2.24) is 0 Å². The summed E-state index contributed by atoms with van der Waals surface area (Å²) in [5.74, 6) is -1.34. The Morgan fingerprint density at radius 3 is 2.38 bits per heavy atom. The second-order valence-electron chi connectivity index (χ2n) is 5.53. The molecule has 1 amide bonds. The smallest absolute Gasteiger partial charge is 0.235 e. The highest BCUT2D eigenvalue weighted by Crippen LogP contribution is 2.50. The summed E-state index contributed by atoms with van der Waals surface area (Å²) in [5.41, 5.74) is 0.961. The minimum absolute atomic E-state index is 0.145. The Labute approximate surface area is 121 Å². The van der Waals surface area contributed by atoms with Gasteiger partial charge in [0.25, 0.3) is 0 Å². The molecule has 1 saturated carbocycles. The van der Waals surface area contributed by atoms with Gasteiger partial charge >= 0.3 is 0 Å². The number of nitrogens with one attached hydrogen (secondary N) is 1. The van der Waals surface area contributed by atoms with E-state index in [0.717, 1.165) is 23.8 Å². The molecule has 0 atom stereocenters. The molecule has 2 nitrogen and oxygen atoms in total. The van der Waals surface area contributed by atoms with Gasteiger partial charge in [-0.25, -0.2) is 8.78 Å². The van der Waals surface area contributed by atoms with E-state index in [4.69, 9.17) is 0 Å². The fourth-order valence-corrected chi connectivity index (χ4v) is 2.50. The molecule has 1 aliphatic rings. The second-order valence-corrected chi connectivity index (χ2v) is 5.53. The number of rotatable bonds is 3. The molecule has 0 heterocycles. The van der Waals surface area contributed by atoms with Crippen molar-refractivity contribution in [3.63, 3.8) is 0 Å². The third-order valence-electron chi connectivity index (χ3n) is 3.94. The van der Waals surface area contributed by atoms with Crippen LogP contribution in [-0.4, -0.2) is 5.91 Å². The zero-order valence-corrected chi connectivity index (χ0v) is 11.6. The van der Waals surface area contributed by atoms with Crippen molar-refractivity contribution in [2.24, 2.45) is 0 Å². The Balaban J connectivity index is 1.86. The molecule has 1 fully saturated rings. The largest absolute Gasteiger partial charge is 0.325 e. The van der Waals surface area contributed by atoms with E-state index in [-0.39, 0.29) is 11.5 Å². The van der Waals surface area contributed by atoms with Gasteiger partial charge in [-0.15, -0.1) is 0 Å². The SMILES string of the molecule is Cc1ccc(NC(=O)C2(c3cc(F)ccc3F)CC2)cc1. The standard InChI is InChI=1S/C17H15F2NO/c1-11-2-5-13(6-3-11)20-16(21)17(8-9-17)14-10-12(18)4-7-15(14)19/h2-7,10H,8-9H2,1H3,(H,20,21). The first-order valence-electron chi connectivity index (χ1n) is 6.85. The molecule has 0 bridgehead atoms. The summed E-state index contributed by atoms with van der Waals surface area (Å²) in [6.45, 7) is 1.95. The molecule has 0 unspecified atom stereocenters. The van der Waals surface area contributed by atoms with Crippen molar-refractivity contribution in [3.05, 3.63) is 65.2 Å². The molecule has 21 heavy (non-hydrogen) atoms. The average molecular weight is 287 g/mol. The Bertz CT molecular complexity index is 690. The first kappa shape index (κ1) is 13.7. The zero-order chi connectivity index (χ0) is 15.0. The number of hydrogen-bond acceptors (Lipinski definition) is 1. The highest BCUT2D eigenvalue weighted by atomic mass is 19.1. The molecule has 0 radical (unpaired) electrons. The van der Waals surface area contributed by atoms with E-state index in [1.807, 2.05) is 19.1 Å². The highest BCUT2D eigenvalue weighted by molar-refractivity contribution is 6.01. The van der Waals surface area contributed by atoms with E-state index < -0.39 is 17.0 Å². The quantitative estimate of drug-likeness (QED) is 0.910. The summed E-state index contributed by atoms with van der Waals surface area (Å²) in [7, 11) is 0. The van der Waals surface area contributed by atoms with Crippen molar-refractivity contribution in [3.8, 4) is 0 Å². The summed E-state index contributed by atoms with van der Waals surface area (Å²) >= 11 is 0. The molecule has 4 heteroatoms.